The smallest absolute Gasteiger partial charge is 0.488 e. The Kier molecular flexibility index (Phi) is 3.97. The predicted molar refractivity (Wildman–Crippen MR) is 67.0 cm³/mol. The number of hydrogen-bond donors (Lipinski definition) is 2. The van der Waals surface area contributed by atoms with Crippen LogP contribution in [-0.2, 0) is 6.61 Å². The Bertz CT molecular complexity index is 514. The van der Waals surface area contributed by atoms with Gasteiger partial charge < -0.3 is 14.8 Å². The summed E-state index contributed by atoms with van der Waals surface area (Å²) in [7, 11) is -1.49. The van der Waals surface area contributed by atoms with Crippen molar-refractivity contribution in [1.82, 2.24) is 0 Å². The molecule has 3 nitrogen and oxygen atoms in total. The molecule has 0 aromatic heterocycles. The Balaban J connectivity index is 2.01. The van der Waals surface area contributed by atoms with Gasteiger partial charge in [-0.05, 0) is 35.3 Å². The summed E-state index contributed by atoms with van der Waals surface area (Å²) in [6.07, 6.45) is 0. The monoisotopic (exact) mass is 246 g/mol. The first-order valence-corrected chi connectivity index (χ1v) is 5.48. The largest absolute Gasteiger partial charge is 0.489 e. The molecule has 0 aliphatic rings. The molecule has 2 aromatic rings. The van der Waals surface area contributed by atoms with Crippen LogP contribution in [0.15, 0.2) is 48.5 Å². The van der Waals surface area contributed by atoms with Crippen LogP contribution in [0.5, 0.6) is 5.75 Å². The number of halogens is 1. The molecular weight excluding hydrogens is 234 g/mol. The van der Waals surface area contributed by atoms with Gasteiger partial charge in [-0.1, -0.05) is 24.3 Å². The normalized spacial score (nSPS) is 10.2. The van der Waals surface area contributed by atoms with E-state index < -0.39 is 7.12 Å². The zero-order valence-electron chi connectivity index (χ0n) is 9.58. The topological polar surface area (TPSA) is 49.7 Å². The Morgan fingerprint density at radius 1 is 1.06 bits per heavy atom. The lowest BCUT2D eigenvalue weighted by atomic mass is 9.80. The second-order valence-electron chi connectivity index (χ2n) is 3.86. The van der Waals surface area contributed by atoms with Crippen LogP contribution in [0.25, 0.3) is 0 Å². The summed E-state index contributed by atoms with van der Waals surface area (Å²) in [6.45, 7) is 0.284. The molecule has 0 amide bonds. The van der Waals surface area contributed by atoms with Gasteiger partial charge in [-0.3, -0.25) is 0 Å². The lowest BCUT2D eigenvalue weighted by Crippen LogP contribution is -2.29. The first-order chi connectivity index (χ1) is 8.65. The zero-order chi connectivity index (χ0) is 13.0. The van der Waals surface area contributed by atoms with E-state index >= 15 is 0 Å². The van der Waals surface area contributed by atoms with Gasteiger partial charge in [0.15, 0.2) is 0 Å². The Labute approximate surface area is 105 Å². The fourth-order valence-corrected chi connectivity index (χ4v) is 1.54. The molecule has 0 atom stereocenters. The highest BCUT2D eigenvalue weighted by molar-refractivity contribution is 6.58. The van der Waals surface area contributed by atoms with Crippen LogP contribution in [0.2, 0.25) is 0 Å². The van der Waals surface area contributed by atoms with Crippen LogP contribution in [0.1, 0.15) is 5.56 Å². The maximum absolute atomic E-state index is 12.7. The molecule has 2 rings (SSSR count). The summed E-state index contributed by atoms with van der Waals surface area (Å²) >= 11 is 0. The minimum absolute atomic E-state index is 0.284. The first-order valence-electron chi connectivity index (χ1n) is 5.48. The fraction of sp³-hybridized carbons (Fsp3) is 0.0769. The van der Waals surface area contributed by atoms with Crippen molar-refractivity contribution in [3.05, 3.63) is 59.9 Å². The fourth-order valence-electron chi connectivity index (χ4n) is 1.54. The molecule has 5 heteroatoms. The summed E-state index contributed by atoms with van der Waals surface area (Å²) in [5.74, 6) is 0.249. The van der Waals surface area contributed by atoms with Gasteiger partial charge in [0.2, 0.25) is 0 Å². The highest BCUT2D eigenvalue weighted by Gasteiger charge is 2.10. The second kappa shape index (κ2) is 5.66. The van der Waals surface area contributed by atoms with Gasteiger partial charge >= 0.3 is 7.12 Å². The van der Waals surface area contributed by atoms with Crippen LogP contribution in [0, 0.1) is 5.82 Å². The Morgan fingerprint density at radius 3 is 2.44 bits per heavy atom. The number of benzene rings is 2. The lowest BCUT2D eigenvalue weighted by molar-refractivity contribution is 0.306. The van der Waals surface area contributed by atoms with Crippen molar-refractivity contribution < 1.29 is 19.2 Å². The standard InChI is InChI=1S/C13H12BFO3/c15-12-4-6-13(7-5-12)18-9-10-2-1-3-11(8-10)14(16)17/h1-8,16-17H,9H2. The molecule has 2 aromatic carbocycles. The molecule has 0 saturated carbocycles. The molecule has 0 heterocycles. The van der Waals surface area contributed by atoms with Crippen molar-refractivity contribution in [3.63, 3.8) is 0 Å². The van der Waals surface area contributed by atoms with Crippen molar-refractivity contribution in [2.75, 3.05) is 0 Å². The molecule has 0 radical (unpaired) electrons. The Morgan fingerprint density at radius 2 is 1.78 bits per heavy atom. The Hall–Kier alpha value is -1.85. The van der Waals surface area contributed by atoms with Crippen LogP contribution in [-0.4, -0.2) is 17.2 Å². The molecule has 92 valence electrons. The van der Waals surface area contributed by atoms with Gasteiger partial charge in [0.25, 0.3) is 0 Å². The highest BCUT2D eigenvalue weighted by atomic mass is 19.1. The van der Waals surface area contributed by atoms with Crippen LogP contribution < -0.4 is 10.2 Å². The van der Waals surface area contributed by atoms with E-state index in [1.54, 1.807) is 30.3 Å². The van der Waals surface area contributed by atoms with E-state index in [0.717, 1.165) is 5.56 Å². The van der Waals surface area contributed by atoms with Crippen LogP contribution in [0.3, 0.4) is 0 Å². The average Bonchev–Trinajstić information content (AvgIpc) is 2.38. The summed E-state index contributed by atoms with van der Waals surface area (Å²) in [5, 5.41) is 18.1. The average molecular weight is 246 g/mol. The summed E-state index contributed by atoms with van der Waals surface area (Å²) in [4.78, 5) is 0. The number of ether oxygens (including phenoxy) is 1. The van der Waals surface area contributed by atoms with E-state index in [2.05, 4.69) is 0 Å². The minimum atomic E-state index is -1.49. The molecule has 18 heavy (non-hydrogen) atoms. The molecule has 0 aliphatic carbocycles. The first kappa shape index (κ1) is 12.6. The number of hydrogen-bond acceptors (Lipinski definition) is 3. The van der Waals surface area contributed by atoms with Crippen LogP contribution in [0.4, 0.5) is 4.39 Å². The molecule has 0 bridgehead atoms. The summed E-state index contributed by atoms with van der Waals surface area (Å²) in [6, 6.07) is 12.5. The summed E-state index contributed by atoms with van der Waals surface area (Å²) in [5.41, 5.74) is 1.22. The second-order valence-corrected chi connectivity index (χ2v) is 3.86. The minimum Gasteiger partial charge on any atom is -0.489 e. The zero-order valence-corrected chi connectivity index (χ0v) is 9.58. The highest BCUT2D eigenvalue weighted by Crippen LogP contribution is 2.13. The van der Waals surface area contributed by atoms with Gasteiger partial charge in [-0.25, -0.2) is 4.39 Å². The predicted octanol–water partition coefficient (Wildman–Crippen LogP) is 1.08. The van der Waals surface area contributed by atoms with Crippen molar-refractivity contribution >= 4 is 12.6 Å². The van der Waals surface area contributed by atoms with Crippen molar-refractivity contribution in [2.45, 2.75) is 6.61 Å². The van der Waals surface area contributed by atoms with Crippen LogP contribution >= 0.6 is 0 Å². The SMILES string of the molecule is OB(O)c1cccc(COc2ccc(F)cc2)c1. The van der Waals surface area contributed by atoms with Gasteiger partial charge in [0.1, 0.15) is 18.2 Å². The molecule has 2 N–H and O–H groups in total. The van der Waals surface area contributed by atoms with E-state index in [-0.39, 0.29) is 12.4 Å². The third-order valence-electron chi connectivity index (χ3n) is 2.47. The van der Waals surface area contributed by atoms with E-state index in [4.69, 9.17) is 14.8 Å². The van der Waals surface area contributed by atoms with E-state index in [1.807, 2.05) is 6.07 Å². The van der Waals surface area contributed by atoms with Gasteiger partial charge in [-0.15, -0.1) is 0 Å². The van der Waals surface area contributed by atoms with E-state index in [9.17, 15) is 4.39 Å². The van der Waals surface area contributed by atoms with Gasteiger partial charge in [0.05, 0.1) is 0 Å². The third-order valence-corrected chi connectivity index (χ3v) is 2.47. The van der Waals surface area contributed by atoms with Crippen molar-refractivity contribution in [1.29, 1.82) is 0 Å². The molecule has 0 unspecified atom stereocenters. The van der Waals surface area contributed by atoms with Crippen molar-refractivity contribution in [3.8, 4) is 5.75 Å². The molecule has 0 fully saturated rings. The number of rotatable bonds is 4. The van der Waals surface area contributed by atoms with E-state index in [0.29, 0.717) is 11.2 Å². The lowest BCUT2D eigenvalue weighted by Gasteiger charge is -2.07. The van der Waals surface area contributed by atoms with Crippen molar-refractivity contribution in [2.24, 2.45) is 0 Å². The molecular formula is C13H12BFO3. The van der Waals surface area contributed by atoms with Gasteiger partial charge in [0, 0.05) is 0 Å². The van der Waals surface area contributed by atoms with Gasteiger partial charge in [-0.2, -0.15) is 0 Å². The quantitative estimate of drug-likeness (QED) is 0.794. The van der Waals surface area contributed by atoms with E-state index in [1.165, 1.54) is 12.1 Å². The third kappa shape index (κ3) is 3.32. The maximum Gasteiger partial charge on any atom is 0.488 e. The maximum atomic E-state index is 12.7. The molecule has 0 saturated heterocycles. The molecule has 0 aliphatic heterocycles. The molecule has 0 spiro atoms. The summed E-state index contributed by atoms with van der Waals surface area (Å²) < 4.78 is 18.1.